The standard InChI is InChI=1S/C29H31N5O2.C3H8/c1-5-25(36)33-15-29(16-33)11-22(12-29)34-19(4)27(28(32-34)21-8-6-20(14-35)7-9-21)26-18(3)17(2)10-24-23(26)13-30-31-24;1-3-2/h5-10,13,22,35H,1,11-12,14-16H2,2-4H3,(H,30,31);3H2,1-2H3. The Bertz CT molecular complexity index is 1510. The number of nitrogens with one attached hydrogen (secondary N) is 1. The minimum Gasteiger partial charge on any atom is -0.392 e. The zero-order valence-corrected chi connectivity index (χ0v) is 23.7. The lowest BCUT2D eigenvalue weighted by molar-refractivity contribution is -0.149. The van der Waals surface area contributed by atoms with Gasteiger partial charge in [0.15, 0.2) is 0 Å². The molecule has 1 spiro atoms. The Morgan fingerprint density at radius 1 is 1.15 bits per heavy atom. The van der Waals surface area contributed by atoms with E-state index in [0.717, 1.165) is 64.9 Å². The normalized spacial score (nSPS) is 16.0. The molecule has 1 aliphatic heterocycles. The number of hydrogen-bond donors (Lipinski definition) is 2. The monoisotopic (exact) mass is 525 g/mol. The molecule has 204 valence electrons. The zero-order chi connectivity index (χ0) is 27.9. The maximum absolute atomic E-state index is 11.9. The number of rotatable bonds is 5. The third-order valence-electron chi connectivity index (χ3n) is 8.30. The lowest BCUT2D eigenvalue weighted by Gasteiger charge is -2.58. The van der Waals surface area contributed by atoms with Crippen LogP contribution in [0.3, 0.4) is 0 Å². The highest BCUT2D eigenvalue weighted by Gasteiger charge is 2.54. The van der Waals surface area contributed by atoms with E-state index in [4.69, 9.17) is 5.10 Å². The Balaban J connectivity index is 0.000000983. The van der Waals surface area contributed by atoms with E-state index in [2.05, 4.69) is 62.1 Å². The van der Waals surface area contributed by atoms with Crippen LogP contribution in [0.25, 0.3) is 33.3 Å². The summed E-state index contributed by atoms with van der Waals surface area (Å²) in [4.78, 5) is 13.8. The average Bonchev–Trinajstić information content (AvgIpc) is 3.48. The molecule has 1 saturated carbocycles. The van der Waals surface area contributed by atoms with E-state index in [9.17, 15) is 9.90 Å². The lowest BCUT2D eigenvalue weighted by Crippen LogP contribution is -2.63. The topological polar surface area (TPSA) is 87.0 Å². The number of carbonyl (C=O) groups is 1. The second kappa shape index (κ2) is 10.5. The molecule has 6 rings (SSSR count). The molecule has 3 heterocycles. The summed E-state index contributed by atoms with van der Waals surface area (Å²) in [6, 6.07) is 10.5. The van der Waals surface area contributed by atoms with Gasteiger partial charge in [0.2, 0.25) is 5.91 Å². The number of H-pyrrole nitrogens is 1. The number of benzene rings is 2. The van der Waals surface area contributed by atoms with E-state index in [0.29, 0.717) is 6.04 Å². The van der Waals surface area contributed by atoms with Gasteiger partial charge in [-0.1, -0.05) is 51.1 Å². The molecule has 2 aromatic heterocycles. The molecular formula is C32H39N5O2. The van der Waals surface area contributed by atoms with Gasteiger partial charge >= 0.3 is 0 Å². The van der Waals surface area contributed by atoms with Gasteiger partial charge in [0, 0.05) is 40.7 Å². The second-order valence-electron chi connectivity index (χ2n) is 11.3. The SMILES string of the molecule is C=CC(=O)N1CC2(CC(n3nc(-c4ccc(CO)cc4)c(-c4c(C)c(C)cc5[nH]ncc45)c3C)C2)C1.CCC. The summed E-state index contributed by atoms with van der Waals surface area (Å²) >= 11 is 0. The highest BCUT2D eigenvalue weighted by Crippen LogP contribution is 2.55. The van der Waals surface area contributed by atoms with Crippen LogP contribution in [0.15, 0.2) is 49.2 Å². The molecule has 2 fully saturated rings. The van der Waals surface area contributed by atoms with Gasteiger partial charge in [-0.15, -0.1) is 0 Å². The molecule has 0 atom stereocenters. The Morgan fingerprint density at radius 3 is 2.44 bits per heavy atom. The predicted octanol–water partition coefficient (Wildman–Crippen LogP) is 6.28. The van der Waals surface area contributed by atoms with E-state index in [1.807, 2.05) is 35.4 Å². The summed E-state index contributed by atoms with van der Waals surface area (Å²) in [6.07, 6.45) is 6.60. The summed E-state index contributed by atoms with van der Waals surface area (Å²) < 4.78 is 2.21. The van der Waals surface area contributed by atoms with Crippen LogP contribution in [0.4, 0.5) is 0 Å². The van der Waals surface area contributed by atoms with Gasteiger partial charge in [0.25, 0.3) is 0 Å². The minimum atomic E-state index is 0.0166. The highest BCUT2D eigenvalue weighted by atomic mass is 16.3. The molecule has 0 unspecified atom stereocenters. The highest BCUT2D eigenvalue weighted by molar-refractivity contribution is 6.01. The van der Waals surface area contributed by atoms with E-state index >= 15 is 0 Å². The fourth-order valence-corrected chi connectivity index (χ4v) is 6.21. The molecule has 2 aromatic carbocycles. The van der Waals surface area contributed by atoms with Crippen molar-refractivity contribution in [3.63, 3.8) is 0 Å². The summed E-state index contributed by atoms with van der Waals surface area (Å²) in [5.41, 5.74) is 9.97. The van der Waals surface area contributed by atoms with Crippen molar-refractivity contribution in [2.24, 2.45) is 5.41 Å². The van der Waals surface area contributed by atoms with E-state index < -0.39 is 0 Å². The van der Waals surface area contributed by atoms with Crippen molar-refractivity contribution >= 4 is 16.8 Å². The van der Waals surface area contributed by atoms with Gasteiger partial charge < -0.3 is 10.0 Å². The van der Waals surface area contributed by atoms with Crippen molar-refractivity contribution in [2.45, 2.75) is 66.5 Å². The van der Waals surface area contributed by atoms with Crippen LogP contribution in [-0.4, -0.2) is 49.0 Å². The smallest absolute Gasteiger partial charge is 0.245 e. The molecule has 7 nitrogen and oxygen atoms in total. The first-order valence-electron chi connectivity index (χ1n) is 13.9. The summed E-state index contributed by atoms with van der Waals surface area (Å²) in [5.74, 6) is 0.0225. The Kier molecular flexibility index (Phi) is 7.21. The van der Waals surface area contributed by atoms with Gasteiger partial charge in [-0.05, 0) is 68.0 Å². The number of aromatic amines is 1. The Morgan fingerprint density at radius 2 is 1.82 bits per heavy atom. The molecule has 1 amide bonds. The van der Waals surface area contributed by atoms with Crippen molar-refractivity contribution in [2.75, 3.05) is 13.1 Å². The molecule has 39 heavy (non-hydrogen) atoms. The molecule has 2 N–H and O–H groups in total. The first-order chi connectivity index (χ1) is 18.8. The number of fused-ring (bicyclic) bond motifs is 1. The number of hydrogen-bond acceptors (Lipinski definition) is 4. The van der Waals surface area contributed by atoms with Crippen LogP contribution in [0.1, 0.15) is 61.5 Å². The van der Waals surface area contributed by atoms with Crippen molar-refractivity contribution in [3.05, 3.63) is 71.6 Å². The van der Waals surface area contributed by atoms with Gasteiger partial charge in [-0.25, -0.2) is 0 Å². The van der Waals surface area contributed by atoms with E-state index in [1.54, 1.807) is 0 Å². The molecule has 1 aliphatic carbocycles. The fraction of sp³-hybridized carbons (Fsp3) is 0.406. The summed E-state index contributed by atoms with van der Waals surface area (Å²) in [5, 5.41) is 23.3. The molecule has 4 aromatic rings. The van der Waals surface area contributed by atoms with Gasteiger partial charge in [0.1, 0.15) is 5.69 Å². The number of aliphatic hydroxyl groups is 1. The fourth-order valence-electron chi connectivity index (χ4n) is 6.21. The van der Waals surface area contributed by atoms with Gasteiger partial charge in [0.05, 0.1) is 24.4 Å². The van der Waals surface area contributed by atoms with Crippen molar-refractivity contribution in [1.29, 1.82) is 0 Å². The number of nitrogens with zero attached hydrogens (tertiary/aromatic N) is 4. The van der Waals surface area contributed by atoms with Crippen molar-refractivity contribution in [1.82, 2.24) is 24.9 Å². The first-order valence-corrected chi connectivity index (χ1v) is 13.9. The lowest BCUT2D eigenvalue weighted by atomic mass is 9.60. The summed E-state index contributed by atoms with van der Waals surface area (Å²) in [7, 11) is 0. The van der Waals surface area contributed by atoms with Crippen LogP contribution in [-0.2, 0) is 11.4 Å². The Labute approximate surface area is 230 Å². The van der Waals surface area contributed by atoms with Gasteiger partial charge in [-0.3, -0.25) is 14.6 Å². The van der Waals surface area contributed by atoms with Crippen molar-refractivity contribution < 1.29 is 9.90 Å². The third-order valence-corrected chi connectivity index (χ3v) is 8.30. The predicted molar refractivity (Wildman–Crippen MR) is 156 cm³/mol. The maximum atomic E-state index is 11.9. The number of aryl methyl sites for hydroxylation is 1. The van der Waals surface area contributed by atoms with Gasteiger partial charge in [-0.2, -0.15) is 10.2 Å². The van der Waals surface area contributed by atoms with Crippen molar-refractivity contribution in [3.8, 4) is 22.4 Å². The summed E-state index contributed by atoms with van der Waals surface area (Å²) in [6.45, 7) is 16.0. The van der Waals surface area contributed by atoms with Crippen LogP contribution < -0.4 is 0 Å². The molecule has 0 radical (unpaired) electrons. The van der Waals surface area contributed by atoms with Crippen LogP contribution in [0, 0.1) is 26.2 Å². The van der Waals surface area contributed by atoms with Crippen LogP contribution >= 0.6 is 0 Å². The van der Waals surface area contributed by atoms with Crippen LogP contribution in [0.5, 0.6) is 0 Å². The molecule has 2 aliphatic rings. The van der Waals surface area contributed by atoms with Crippen LogP contribution in [0.2, 0.25) is 0 Å². The molecule has 1 saturated heterocycles. The second-order valence-corrected chi connectivity index (χ2v) is 11.3. The molecule has 0 bridgehead atoms. The quantitative estimate of drug-likeness (QED) is 0.300. The van der Waals surface area contributed by atoms with E-state index in [1.165, 1.54) is 29.2 Å². The number of aliphatic hydroxyl groups excluding tert-OH is 1. The number of amides is 1. The Hall–Kier alpha value is -3.71. The minimum absolute atomic E-state index is 0.0166. The number of likely N-dealkylation sites (tertiary alicyclic amines) is 1. The zero-order valence-electron chi connectivity index (χ0n) is 23.7. The first kappa shape index (κ1) is 26.9. The number of aromatic nitrogens is 4. The van der Waals surface area contributed by atoms with E-state index in [-0.39, 0.29) is 17.9 Å². The molecular weight excluding hydrogens is 486 g/mol. The average molecular weight is 526 g/mol. The number of carbonyl (C=O) groups excluding carboxylic acids is 1. The largest absolute Gasteiger partial charge is 0.392 e. The third kappa shape index (κ3) is 4.59. The molecule has 7 heteroatoms. The maximum Gasteiger partial charge on any atom is 0.245 e.